The van der Waals surface area contributed by atoms with Crippen LogP contribution < -0.4 is 14.8 Å². The van der Waals surface area contributed by atoms with Gasteiger partial charge in [-0.15, -0.1) is 0 Å². The van der Waals surface area contributed by atoms with Crippen molar-refractivity contribution in [1.82, 2.24) is 5.32 Å². The first-order valence-electron chi connectivity index (χ1n) is 8.27. The quantitative estimate of drug-likeness (QED) is 0.726. The summed E-state index contributed by atoms with van der Waals surface area (Å²) in [5.41, 5.74) is 1.81. The molecule has 0 spiro atoms. The third-order valence-electron chi connectivity index (χ3n) is 3.92. The number of ether oxygens (including phenoxy) is 4. The lowest BCUT2D eigenvalue weighted by Crippen LogP contribution is -2.24. The second-order valence-corrected chi connectivity index (χ2v) is 5.61. The Balaban J connectivity index is 2.49. The first-order chi connectivity index (χ1) is 13.4. The molecule has 0 aliphatic heterocycles. The molecule has 1 amide bonds. The summed E-state index contributed by atoms with van der Waals surface area (Å²) in [6, 6.07) is 9.67. The predicted octanol–water partition coefficient (Wildman–Crippen LogP) is 2.06. The maximum atomic E-state index is 12.0. The zero-order valence-electron chi connectivity index (χ0n) is 16.0. The van der Waals surface area contributed by atoms with E-state index < -0.39 is 11.9 Å². The van der Waals surface area contributed by atoms with Gasteiger partial charge >= 0.3 is 11.9 Å². The summed E-state index contributed by atoms with van der Waals surface area (Å²) >= 11 is 0. The van der Waals surface area contributed by atoms with E-state index in [1.54, 1.807) is 30.3 Å². The van der Waals surface area contributed by atoms with E-state index in [0.717, 1.165) is 0 Å². The second-order valence-electron chi connectivity index (χ2n) is 5.61. The second kappa shape index (κ2) is 9.40. The van der Waals surface area contributed by atoms with E-state index in [2.05, 4.69) is 5.32 Å². The predicted molar refractivity (Wildman–Crippen MR) is 101 cm³/mol. The van der Waals surface area contributed by atoms with Gasteiger partial charge in [0.2, 0.25) is 0 Å². The van der Waals surface area contributed by atoms with Gasteiger partial charge in [0.25, 0.3) is 5.91 Å². The average molecular weight is 387 g/mol. The van der Waals surface area contributed by atoms with Crippen LogP contribution in [0, 0.1) is 0 Å². The van der Waals surface area contributed by atoms with Crippen molar-refractivity contribution >= 4 is 17.8 Å². The van der Waals surface area contributed by atoms with Gasteiger partial charge in [0, 0.05) is 7.05 Å². The van der Waals surface area contributed by atoms with E-state index in [4.69, 9.17) is 18.9 Å². The van der Waals surface area contributed by atoms with Crippen molar-refractivity contribution in [3.05, 3.63) is 47.5 Å². The zero-order valence-corrected chi connectivity index (χ0v) is 16.0. The summed E-state index contributed by atoms with van der Waals surface area (Å²) < 4.78 is 20.3. The largest absolute Gasteiger partial charge is 0.496 e. The molecule has 148 valence electrons. The number of hydrogen-bond donors (Lipinski definition) is 1. The highest BCUT2D eigenvalue weighted by molar-refractivity contribution is 5.94. The summed E-state index contributed by atoms with van der Waals surface area (Å²) in [6.45, 7) is -0.203. The van der Waals surface area contributed by atoms with E-state index in [1.165, 1.54) is 34.4 Å². The molecule has 0 atom stereocenters. The van der Waals surface area contributed by atoms with E-state index >= 15 is 0 Å². The fourth-order valence-electron chi connectivity index (χ4n) is 2.46. The van der Waals surface area contributed by atoms with Crippen LogP contribution in [-0.2, 0) is 14.3 Å². The highest BCUT2D eigenvalue weighted by atomic mass is 16.5. The molecular weight excluding hydrogens is 366 g/mol. The molecule has 0 fully saturated rings. The van der Waals surface area contributed by atoms with Crippen LogP contribution >= 0.6 is 0 Å². The summed E-state index contributed by atoms with van der Waals surface area (Å²) in [4.78, 5) is 35.3. The molecule has 0 aliphatic rings. The topological polar surface area (TPSA) is 100 Å². The van der Waals surface area contributed by atoms with Crippen molar-refractivity contribution in [3.8, 4) is 22.6 Å². The number of esters is 2. The Labute approximate surface area is 162 Å². The number of amides is 1. The van der Waals surface area contributed by atoms with E-state index in [1.807, 2.05) is 0 Å². The van der Waals surface area contributed by atoms with Crippen molar-refractivity contribution < 1.29 is 33.3 Å². The van der Waals surface area contributed by atoms with E-state index in [9.17, 15) is 14.4 Å². The maximum absolute atomic E-state index is 12.0. The lowest BCUT2D eigenvalue weighted by molar-refractivity contribution is -0.122. The number of benzene rings is 2. The summed E-state index contributed by atoms with van der Waals surface area (Å²) in [7, 11) is 5.49. The lowest BCUT2D eigenvalue weighted by atomic mass is 10.0. The Morgan fingerprint density at radius 1 is 0.893 bits per heavy atom. The first kappa shape index (κ1) is 20.8. The molecule has 8 heteroatoms. The van der Waals surface area contributed by atoms with Crippen LogP contribution in [0.2, 0.25) is 0 Å². The highest BCUT2D eigenvalue weighted by Gasteiger charge is 2.16. The van der Waals surface area contributed by atoms with Gasteiger partial charge in [-0.2, -0.15) is 0 Å². The standard InChI is InChI=1S/C20H21NO7/c1-21-18(22)11-28-15-8-13(7-14(9-15)19(23)26-3)12-5-6-16(20(24)27-4)17(10-12)25-2/h5-10H,11H2,1-4H3,(H,21,22). The maximum Gasteiger partial charge on any atom is 0.341 e. The molecule has 2 rings (SSSR count). The molecule has 2 aromatic carbocycles. The molecule has 0 saturated heterocycles. The van der Waals surface area contributed by atoms with Crippen molar-refractivity contribution in [3.63, 3.8) is 0 Å². The van der Waals surface area contributed by atoms with Crippen LogP contribution in [0.4, 0.5) is 0 Å². The smallest absolute Gasteiger partial charge is 0.341 e. The fraction of sp³-hybridized carbons (Fsp3) is 0.250. The number of carbonyl (C=O) groups is 3. The van der Waals surface area contributed by atoms with Gasteiger partial charge in [-0.1, -0.05) is 6.07 Å². The van der Waals surface area contributed by atoms with E-state index in [-0.39, 0.29) is 23.6 Å². The third kappa shape index (κ3) is 4.79. The van der Waals surface area contributed by atoms with Crippen molar-refractivity contribution in [2.45, 2.75) is 0 Å². The molecule has 2 aromatic rings. The van der Waals surface area contributed by atoms with Gasteiger partial charge in [-0.05, 0) is 41.5 Å². The SMILES string of the molecule is CNC(=O)COc1cc(C(=O)OC)cc(-c2ccc(C(=O)OC)c(OC)c2)c1. The van der Waals surface area contributed by atoms with Crippen LogP contribution in [0.5, 0.6) is 11.5 Å². The normalized spacial score (nSPS) is 10.0. The van der Waals surface area contributed by atoms with Gasteiger partial charge in [0.05, 0.1) is 26.9 Å². The number of carbonyl (C=O) groups excluding carboxylic acids is 3. The molecule has 8 nitrogen and oxygen atoms in total. The Morgan fingerprint density at radius 2 is 1.61 bits per heavy atom. The van der Waals surface area contributed by atoms with Crippen molar-refractivity contribution in [2.24, 2.45) is 0 Å². The Morgan fingerprint density at radius 3 is 2.21 bits per heavy atom. The third-order valence-corrected chi connectivity index (χ3v) is 3.92. The molecule has 28 heavy (non-hydrogen) atoms. The van der Waals surface area contributed by atoms with Crippen molar-refractivity contribution in [1.29, 1.82) is 0 Å². The average Bonchev–Trinajstić information content (AvgIpc) is 2.75. The lowest BCUT2D eigenvalue weighted by Gasteiger charge is -2.12. The van der Waals surface area contributed by atoms with Crippen molar-refractivity contribution in [2.75, 3.05) is 35.0 Å². The molecule has 0 unspecified atom stereocenters. The Bertz CT molecular complexity index is 892. The van der Waals surface area contributed by atoms with Crippen LogP contribution in [-0.4, -0.2) is 52.8 Å². The summed E-state index contributed by atoms with van der Waals surface area (Å²) in [5, 5.41) is 2.45. The van der Waals surface area contributed by atoms with Crippen LogP contribution in [0.1, 0.15) is 20.7 Å². The minimum absolute atomic E-state index is 0.203. The first-order valence-corrected chi connectivity index (χ1v) is 8.27. The van der Waals surface area contributed by atoms with Crippen LogP contribution in [0.25, 0.3) is 11.1 Å². The molecule has 0 bridgehead atoms. The van der Waals surface area contributed by atoms with Gasteiger partial charge in [-0.3, -0.25) is 4.79 Å². The highest BCUT2D eigenvalue weighted by Crippen LogP contribution is 2.31. The number of methoxy groups -OCH3 is 3. The van der Waals surface area contributed by atoms with Gasteiger partial charge in [0.1, 0.15) is 17.1 Å². The number of hydrogen-bond acceptors (Lipinski definition) is 7. The molecule has 0 radical (unpaired) electrons. The minimum atomic E-state index is -0.551. The molecule has 1 N–H and O–H groups in total. The molecule has 0 heterocycles. The zero-order chi connectivity index (χ0) is 20.7. The van der Waals surface area contributed by atoms with Gasteiger partial charge < -0.3 is 24.3 Å². The van der Waals surface area contributed by atoms with E-state index in [0.29, 0.717) is 22.6 Å². The fourth-order valence-corrected chi connectivity index (χ4v) is 2.46. The number of nitrogens with one attached hydrogen (secondary N) is 1. The molecule has 0 aromatic heterocycles. The molecule has 0 aliphatic carbocycles. The molecule has 0 saturated carbocycles. The molecular formula is C20H21NO7. The number of rotatable bonds is 7. The summed E-state index contributed by atoms with van der Waals surface area (Å²) in [6.07, 6.45) is 0. The Hall–Kier alpha value is -3.55. The Kier molecular flexibility index (Phi) is 6.97. The van der Waals surface area contributed by atoms with Crippen LogP contribution in [0.15, 0.2) is 36.4 Å². The minimum Gasteiger partial charge on any atom is -0.496 e. The number of likely N-dealkylation sites (N-methyl/N-ethyl adjacent to an activating group) is 1. The summed E-state index contributed by atoms with van der Waals surface area (Å²) in [5.74, 6) is -0.751. The van der Waals surface area contributed by atoms with Gasteiger partial charge in [-0.25, -0.2) is 9.59 Å². The van der Waals surface area contributed by atoms with Gasteiger partial charge in [0.15, 0.2) is 6.61 Å². The monoisotopic (exact) mass is 387 g/mol. The van der Waals surface area contributed by atoms with Crippen LogP contribution in [0.3, 0.4) is 0 Å².